The van der Waals surface area contributed by atoms with E-state index in [0.717, 1.165) is 0 Å². The molecule has 0 aromatic carbocycles. The number of nitrogens with zero attached hydrogens (tertiary/aromatic N) is 1. The summed E-state index contributed by atoms with van der Waals surface area (Å²) in [4.78, 5) is 34.2. The minimum Gasteiger partial charge on any atom is -0.303 e. The van der Waals surface area contributed by atoms with Crippen molar-refractivity contribution in [2.24, 2.45) is 10.9 Å². The Labute approximate surface area is 70.0 Å². The van der Waals surface area contributed by atoms with E-state index in [1.54, 1.807) is 0 Å². The van der Waals surface area contributed by atoms with Crippen molar-refractivity contribution in [3.8, 4) is 0 Å². The van der Waals surface area contributed by atoms with Crippen LogP contribution in [0.4, 0.5) is 0 Å². The van der Waals surface area contributed by atoms with Gasteiger partial charge >= 0.3 is 0 Å². The van der Waals surface area contributed by atoms with Gasteiger partial charge in [-0.05, 0) is 12.5 Å². The van der Waals surface area contributed by atoms with Gasteiger partial charge < -0.3 is 4.79 Å². The van der Waals surface area contributed by atoms with Gasteiger partial charge in [-0.15, -0.1) is 0 Å². The van der Waals surface area contributed by atoms with Gasteiger partial charge in [-0.3, -0.25) is 4.79 Å². The molecule has 4 heteroatoms. The van der Waals surface area contributed by atoms with E-state index in [1.807, 2.05) is 0 Å². The van der Waals surface area contributed by atoms with Crippen LogP contribution in [0.5, 0.6) is 0 Å². The predicted octanol–water partition coefficient (Wildman–Crippen LogP) is 0.282. The van der Waals surface area contributed by atoms with E-state index in [4.69, 9.17) is 0 Å². The van der Waals surface area contributed by atoms with Crippen LogP contribution in [0.3, 0.4) is 0 Å². The number of aliphatic imine (C=N–C) groups is 1. The maximum absolute atomic E-state index is 11.1. The molecule has 0 amide bonds. The first kappa shape index (κ1) is 10.5. The van der Waals surface area contributed by atoms with Crippen molar-refractivity contribution < 1.29 is 14.4 Å². The second-order valence-corrected chi connectivity index (χ2v) is 2.32. The van der Waals surface area contributed by atoms with Gasteiger partial charge in [-0.1, -0.05) is 6.58 Å². The highest BCUT2D eigenvalue weighted by Crippen LogP contribution is 2.02. The molecule has 0 N–H and O–H groups in total. The van der Waals surface area contributed by atoms with Gasteiger partial charge in [0, 0.05) is 0 Å². The highest BCUT2D eigenvalue weighted by atomic mass is 16.1. The number of isocyanates is 1. The first-order valence-corrected chi connectivity index (χ1v) is 3.32. The Morgan fingerprint density at radius 3 is 2.67 bits per heavy atom. The third-order valence-corrected chi connectivity index (χ3v) is 1.27. The van der Waals surface area contributed by atoms with Crippen LogP contribution in [0, 0.1) is 5.92 Å². The van der Waals surface area contributed by atoms with Crippen LogP contribution in [0.2, 0.25) is 0 Å². The van der Waals surface area contributed by atoms with E-state index in [1.165, 1.54) is 13.0 Å². The maximum Gasteiger partial charge on any atom is 0.234 e. The first-order chi connectivity index (χ1) is 5.63. The van der Waals surface area contributed by atoms with Crippen molar-refractivity contribution in [3.05, 3.63) is 12.2 Å². The average molecular weight is 167 g/mol. The van der Waals surface area contributed by atoms with Gasteiger partial charge in [-0.2, -0.15) is 0 Å². The Morgan fingerprint density at radius 2 is 2.33 bits per heavy atom. The fraction of sp³-hybridized carbons (Fsp3) is 0.375. The number of Topliss-reactive ketones (excluding diaryl/α,β-unsaturated/α-hetero) is 1. The third kappa shape index (κ3) is 3.03. The van der Waals surface area contributed by atoms with Gasteiger partial charge in [0.05, 0.1) is 12.5 Å². The van der Waals surface area contributed by atoms with E-state index < -0.39 is 5.92 Å². The highest BCUT2D eigenvalue weighted by Gasteiger charge is 2.17. The summed E-state index contributed by atoms with van der Waals surface area (Å²) in [6.07, 6.45) is 1.72. The number of rotatable bonds is 5. The van der Waals surface area contributed by atoms with Gasteiger partial charge in [-0.25, -0.2) is 9.79 Å². The van der Waals surface area contributed by atoms with Crippen molar-refractivity contribution in [2.45, 2.75) is 6.92 Å². The number of carbonyl (C=O) groups is 2. The Balaban J connectivity index is 4.34. The summed E-state index contributed by atoms with van der Waals surface area (Å²) in [6.45, 7) is 4.75. The van der Waals surface area contributed by atoms with Gasteiger partial charge in [0.25, 0.3) is 0 Å². The molecule has 0 fully saturated rings. The Bertz CT molecular complexity index is 251. The lowest BCUT2D eigenvalue weighted by molar-refractivity contribution is -0.124. The summed E-state index contributed by atoms with van der Waals surface area (Å²) < 4.78 is 0. The normalized spacial score (nSPS) is 11.1. The molecule has 1 unspecified atom stereocenters. The van der Waals surface area contributed by atoms with Crippen LogP contribution in [0.15, 0.2) is 17.1 Å². The van der Waals surface area contributed by atoms with E-state index in [-0.39, 0.29) is 17.9 Å². The first-order valence-electron chi connectivity index (χ1n) is 3.32. The Kier molecular flexibility index (Phi) is 4.49. The summed E-state index contributed by atoms with van der Waals surface area (Å²) in [5.74, 6) is -1.27. The summed E-state index contributed by atoms with van der Waals surface area (Å²) in [7, 11) is 0. The van der Waals surface area contributed by atoms with Crippen LogP contribution < -0.4 is 0 Å². The highest BCUT2D eigenvalue weighted by molar-refractivity contribution is 6.04. The molecule has 1 atom stereocenters. The topological polar surface area (TPSA) is 63.6 Å². The van der Waals surface area contributed by atoms with E-state index in [9.17, 15) is 14.4 Å². The van der Waals surface area contributed by atoms with Crippen molar-refractivity contribution in [2.75, 3.05) is 6.54 Å². The number of hydrogen-bond acceptors (Lipinski definition) is 4. The molecule has 0 rings (SSSR count). The van der Waals surface area contributed by atoms with Crippen LogP contribution >= 0.6 is 0 Å². The molecule has 0 aliphatic heterocycles. The quantitative estimate of drug-likeness (QED) is 0.194. The number of carbonyl (C=O) groups excluding carboxylic acids is 3. The Hall–Kier alpha value is -1.54. The van der Waals surface area contributed by atoms with Gasteiger partial charge in [0.1, 0.15) is 6.29 Å². The number of allylic oxidation sites excluding steroid dienone is 1. The third-order valence-electron chi connectivity index (χ3n) is 1.27. The second-order valence-electron chi connectivity index (χ2n) is 2.32. The van der Waals surface area contributed by atoms with Crippen molar-refractivity contribution in [1.82, 2.24) is 0 Å². The molecule has 0 aromatic heterocycles. The molecule has 0 spiro atoms. The van der Waals surface area contributed by atoms with Gasteiger partial charge in [0.2, 0.25) is 6.08 Å². The molecule has 64 valence electrons. The summed E-state index contributed by atoms with van der Waals surface area (Å²) in [6, 6.07) is 0. The minimum atomic E-state index is -0.885. The largest absolute Gasteiger partial charge is 0.303 e. The monoisotopic (exact) mass is 167 g/mol. The SMILES string of the molecule is C=C(C)C(=O)C(C=O)CN=C=O. The van der Waals surface area contributed by atoms with Crippen molar-refractivity contribution in [1.29, 1.82) is 0 Å². The smallest absolute Gasteiger partial charge is 0.234 e. The van der Waals surface area contributed by atoms with Crippen LogP contribution in [-0.4, -0.2) is 24.7 Å². The van der Waals surface area contributed by atoms with Crippen LogP contribution in [-0.2, 0) is 14.4 Å². The zero-order valence-corrected chi connectivity index (χ0v) is 6.74. The van der Waals surface area contributed by atoms with Crippen LogP contribution in [0.25, 0.3) is 0 Å². The van der Waals surface area contributed by atoms with Crippen molar-refractivity contribution >= 4 is 18.1 Å². The maximum atomic E-state index is 11.1. The van der Waals surface area contributed by atoms with Crippen LogP contribution in [0.1, 0.15) is 6.92 Å². The molecule has 0 saturated carbocycles. The van der Waals surface area contributed by atoms with E-state index in [0.29, 0.717) is 6.29 Å². The molecule has 0 bridgehead atoms. The zero-order chi connectivity index (χ0) is 9.56. The molecule has 0 saturated heterocycles. The molecular formula is C8H9NO3. The molecule has 0 radical (unpaired) electrons. The molecular weight excluding hydrogens is 158 g/mol. The number of hydrogen-bond donors (Lipinski definition) is 0. The molecule has 12 heavy (non-hydrogen) atoms. The molecule has 0 heterocycles. The lowest BCUT2D eigenvalue weighted by Crippen LogP contribution is -2.19. The lowest BCUT2D eigenvalue weighted by atomic mass is 10.0. The fourth-order valence-corrected chi connectivity index (χ4v) is 0.640. The fourth-order valence-electron chi connectivity index (χ4n) is 0.640. The van der Waals surface area contributed by atoms with E-state index in [2.05, 4.69) is 11.6 Å². The molecule has 4 nitrogen and oxygen atoms in total. The standard InChI is InChI=1S/C8H9NO3/c1-6(2)8(12)7(4-10)3-9-5-11/h4,7H,1,3H2,2H3. The summed E-state index contributed by atoms with van der Waals surface area (Å²) in [5, 5.41) is 0. The lowest BCUT2D eigenvalue weighted by Gasteiger charge is -2.03. The number of aldehydes is 1. The molecule has 0 aromatic rings. The Morgan fingerprint density at radius 1 is 1.75 bits per heavy atom. The average Bonchev–Trinajstić information content (AvgIpc) is 2.05. The summed E-state index contributed by atoms with van der Waals surface area (Å²) >= 11 is 0. The van der Waals surface area contributed by atoms with Crippen molar-refractivity contribution in [3.63, 3.8) is 0 Å². The van der Waals surface area contributed by atoms with E-state index >= 15 is 0 Å². The zero-order valence-electron chi connectivity index (χ0n) is 6.74. The minimum absolute atomic E-state index is 0.140. The van der Waals surface area contributed by atoms with Gasteiger partial charge in [0.15, 0.2) is 5.78 Å². The second kappa shape index (κ2) is 5.16. The summed E-state index contributed by atoms with van der Waals surface area (Å²) in [5.41, 5.74) is 0.285. The molecule has 0 aliphatic rings. The number of ketones is 1. The predicted molar refractivity (Wildman–Crippen MR) is 42.4 cm³/mol. The molecule has 0 aliphatic carbocycles.